The van der Waals surface area contributed by atoms with E-state index in [4.69, 9.17) is 9.47 Å². The van der Waals surface area contributed by atoms with E-state index in [-0.39, 0.29) is 23.6 Å². The number of imide groups is 1. The van der Waals surface area contributed by atoms with Gasteiger partial charge in [0.25, 0.3) is 5.91 Å². The second-order valence-corrected chi connectivity index (χ2v) is 5.62. The lowest BCUT2D eigenvalue weighted by molar-refractivity contribution is -0.132. The quantitative estimate of drug-likeness (QED) is 0.488. The maximum absolute atomic E-state index is 12.9. The molecule has 0 unspecified atom stereocenters. The van der Waals surface area contributed by atoms with E-state index < -0.39 is 11.9 Å². The van der Waals surface area contributed by atoms with Gasteiger partial charge in [0.05, 0.1) is 12.8 Å². The summed E-state index contributed by atoms with van der Waals surface area (Å²) in [7, 11) is 1.44. The molecule has 0 N–H and O–H groups in total. The number of fused-ring (bicyclic) bond motifs is 1. The minimum Gasteiger partial charge on any atom is -0.493 e. The minimum atomic E-state index is -0.526. The molecule has 25 heavy (non-hydrogen) atoms. The lowest BCUT2D eigenvalue weighted by Crippen LogP contribution is -2.40. The Morgan fingerprint density at radius 1 is 1.04 bits per heavy atom. The van der Waals surface area contributed by atoms with Gasteiger partial charge in [-0.25, -0.2) is 4.90 Å². The van der Waals surface area contributed by atoms with Gasteiger partial charge in [-0.15, -0.1) is 0 Å². The molecule has 6 nitrogen and oxygen atoms in total. The zero-order valence-corrected chi connectivity index (χ0v) is 13.9. The number of ether oxygens (including phenoxy) is 2. The predicted molar refractivity (Wildman–Crippen MR) is 90.9 cm³/mol. The highest BCUT2D eigenvalue weighted by molar-refractivity contribution is 6.22. The number of rotatable bonds is 3. The molecular formula is C19H17NO5. The number of carbonyl (C=O) groups excluding carboxylic acids is 3. The maximum atomic E-state index is 12.9. The Kier molecular flexibility index (Phi) is 4.52. The molecule has 0 atom stereocenters. The van der Waals surface area contributed by atoms with E-state index in [1.807, 2.05) is 12.1 Å². The number of nitrogens with zero attached hydrogens (tertiary/aromatic N) is 1. The van der Waals surface area contributed by atoms with Crippen LogP contribution in [0.15, 0.2) is 42.5 Å². The third kappa shape index (κ3) is 3.24. The maximum Gasteiger partial charge on any atom is 0.308 e. The fraction of sp³-hybridized carbons (Fsp3) is 0.211. The molecule has 2 amide bonds. The lowest BCUT2D eigenvalue weighted by atomic mass is 10.00. The molecular weight excluding hydrogens is 322 g/mol. The highest BCUT2D eigenvalue weighted by atomic mass is 16.6. The van der Waals surface area contributed by atoms with Crippen LogP contribution in [0, 0.1) is 0 Å². The largest absolute Gasteiger partial charge is 0.493 e. The van der Waals surface area contributed by atoms with Crippen molar-refractivity contribution in [2.75, 3.05) is 12.0 Å². The van der Waals surface area contributed by atoms with Crippen molar-refractivity contribution in [2.24, 2.45) is 0 Å². The zero-order chi connectivity index (χ0) is 18.0. The van der Waals surface area contributed by atoms with Gasteiger partial charge in [-0.05, 0) is 36.2 Å². The first kappa shape index (κ1) is 16.7. The Labute approximate surface area is 145 Å². The van der Waals surface area contributed by atoms with Gasteiger partial charge in [0.15, 0.2) is 11.5 Å². The van der Waals surface area contributed by atoms with Crippen LogP contribution in [-0.2, 0) is 16.0 Å². The smallest absolute Gasteiger partial charge is 0.308 e. The van der Waals surface area contributed by atoms with E-state index in [0.717, 1.165) is 5.56 Å². The summed E-state index contributed by atoms with van der Waals surface area (Å²) in [4.78, 5) is 37.7. The van der Waals surface area contributed by atoms with E-state index in [1.54, 1.807) is 18.2 Å². The molecule has 0 saturated heterocycles. The van der Waals surface area contributed by atoms with Crippen molar-refractivity contribution in [3.05, 3.63) is 53.6 Å². The minimum absolute atomic E-state index is 0.138. The van der Waals surface area contributed by atoms with Crippen LogP contribution in [0.4, 0.5) is 5.69 Å². The first-order chi connectivity index (χ1) is 12.0. The molecule has 1 heterocycles. The van der Waals surface area contributed by atoms with Crippen molar-refractivity contribution < 1.29 is 23.9 Å². The molecule has 6 heteroatoms. The number of carbonyl (C=O) groups is 3. The van der Waals surface area contributed by atoms with Crippen molar-refractivity contribution in [3.8, 4) is 11.5 Å². The fourth-order valence-electron chi connectivity index (χ4n) is 2.82. The highest BCUT2D eigenvalue weighted by Crippen LogP contribution is 2.32. The van der Waals surface area contributed by atoms with E-state index in [0.29, 0.717) is 17.9 Å². The van der Waals surface area contributed by atoms with Gasteiger partial charge in [-0.2, -0.15) is 0 Å². The molecule has 3 rings (SSSR count). The molecule has 2 aromatic rings. The standard InChI is InChI=1S/C19H17NO5/c1-12(21)25-17-11-14(7-9-16(17)24-2)19(23)20-15-6-4-3-5-13(15)8-10-18(20)22/h3-7,9,11H,8,10H2,1-2H3. The second-order valence-electron chi connectivity index (χ2n) is 5.62. The number of para-hydroxylation sites is 1. The van der Waals surface area contributed by atoms with Crippen LogP contribution in [0.5, 0.6) is 11.5 Å². The number of benzene rings is 2. The fourth-order valence-corrected chi connectivity index (χ4v) is 2.82. The summed E-state index contributed by atoms with van der Waals surface area (Å²) in [5.41, 5.74) is 1.78. The van der Waals surface area contributed by atoms with Crippen LogP contribution in [-0.4, -0.2) is 24.9 Å². The summed E-state index contributed by atoms with van der Waals surface area (Å²) < 4.78 is 10.2. The average Bonchev–Trinajstić information content (AvgIpc) is 2.60. The summed E-state index contributed by atoms with van der Waals surface area (Å²) in [5, 5.41) is 0. The molecule has 1 aliphatic rings. The molecule has 0 bridgehead atoms. The number of anilines is 1. The SMILES string of the molecule is COc1ccc(C(=O)N2C(=O)CCc3ccccc32)cc1OC(C)=O. The third-order valence-corrected chi connectivity index (χ3v) is 3.96. The Hall–Kier alpha value is -3.15. The summed E-state index contributed by atoms with van der Waals surface area (Å²) >= 11 is 0. The van der Waals surface area contributed by atoms with Crippen LogP contribution in [0.2, 0.25) is 0 Å². The molecule has 0 spiro atoms. The lowest BCUT2D eigenvalue weighted by Gasteiger charge is -2.27. The molecule has 0 fully saturated rings. The molecule has 1 aliphatic heterocycles. The molecule has 128 valence electrons. The summed E-state index contributed by atoms with van der Waals surface area (Å²) in [6.07, 6.45) is 0.885. The Morgan fingerprint density at radius 2 is 1.80 bits per heavy atom. The number of methoxy groups -OCH3 is 1. The van der Waals surface area contributed by atoms with Crippen molar-refractivity contribution in [3.63, 3.8) is 0 Å². The third-order valence-electron chi connectivity index (χ3n) is 3.96. The summed E-state index contributed by atoms with van der Waals surface area (Å²) in [5.74, 6) is -0.778. The highest BCUT2D eigenvalue weighted by Gasteiger charge is 2.30. The van der Waals surface area contributed by atoms with Gasteiger partial charge >= 0.3 is 5.97 Å². The number of amides is 2. The summed E-state index contributed by atoms with van der Waals surface area (Å²) in [6, 6.07) is 11.8. The van der Waals surface area contributed by atoms with Crippen molar-refractivity contribution >= 4 is 23.5 Å². The molecule has 0 aromatic heterocycles. The number of esters is 1. The van der Waals surface area contributed by atoms with Crippen molar-refractivity contribution in [1.82, 2.24) is 0 Å². The normalized spacial score (nSPS) is 13.2. The summed E-state index contributed by atoms with van der Waals surface area (Å²) in [6.45, 7) is 1.26. The average molecular weight is 339 g/mol. The number of hydrogen-bond donors (Lipinski definition) is 0. The Bertz CT molecular complexity index is 859. The van der Waals surface area contributed by atoms with Crippen LogP contribution >= 0.6 is 0 Å². The van der Waals surface area contributed by atoms with E-state index in [1.165, 1.54) is 31.1 Å². The number of hydrogen-bond acceptors (Lipinski definition) is 5. The Morgan fingerprint density at radius 3 is 2.52 bits per heavy atom. The first-order valence-electron chi connectivity index (χ1n) is 7.83. The van der Waals surface area contributed by atoms with Gasteiger partial charge in [0, 0.05) is 18.9 Å². The van der Waals surface area contributed by atoms with Crippen molar-refractivity contribution in [1.29, 1.82) is 0 Å². The van der Waals surface area contributed by atoms with E-state index in [9.17, 15) is 14.4 Å². The van der Waals surface area contributed by atoms with Crippen LogP contribution in [0.1, 0.15) is 29.3 Å². The molecule has 0 aliphatic carbocycles. The predicted octanol–water partition coefficient (Wildman–Crippen LogP) is 2.74. The topological polar surface area (TPSA) is 72.9 Å². The first-order valence-corrected chi connectivity index (χ1v) is 7.83. The van der Waals surface area contributed by atoms with E-state index >= 15 is 0 Å². The molecule has 2 aromatic carbocycles. The van der Waals surface area contributed by atoms with Gasteiger partial charge < -0.3 is 9.47 Å². The number of aryl methyl sites for hydroxylation is 1. The van der Waals surface area contributed by atoms with E-state index in [2.05, 4.69) is 0 Å². The Balaban J connectivity index is 2.01. The molecule has 0 saturated carbocycles. The monoisotopic (exact) mass is 339 g/mol. The zero-order valence-electron chi connectivity index (χ0n) is 13.9. The van der Waals surface area contributed by atoms with Crippen LogP contribution in [0.25, 0.3) is 0 Å². The second kappa shape index (κ2) is 6.76. The van der Waals surface area contributed by atoms with Crippen LogP contribution < -0.4 is 14.4 Å². The van der Waals surface area contributed by atoms with Gasteiger partial charge in [0.2, 0.25) is 5.91 Å². The van der Waals surface area contributed by atoms with Crippen LogP contribution in [0.3, 0.4) is 0 Å². The van der Waals surface area contributed by atoms with Gasteiger partial charge in [0.1, 0.15) is 0 Å². The van der Waals surface area contributed by atoms with Gasteiger partial charge in [-0.3, -0.25) is 14.4 Å². The van der Waals surface area contributed by atoms with Gasteiger partial charge in [-0.1, -0.05) is 18.2 Å². The van der Waals surface area contributed by atoms with Crippen molar-refractivity contribution in [2.45, 2.75) is 19.8 Å². The molecule has 0 radical (unpaired) electrons.